The lowest BCUT2D eigenvalue weighted by atomic mass is 10.3. The minimum atomic E-state index is -0.192. The lowest BCUT2D eigenvalue weighted by molar-refractivity contribution is -0.135. The number of amides is 2. The average molecular weight is 280 g/mol. The van der Waals surface area contributed by atoms with E-state index in [0.29, 0.717) is 6.04 Å². The molecule has 0 aromatic carbocycles. The predicted molar refractivity (Wildman–Crippen MR) is 71.4 cm³/mol. The molecule has 2 atom stereocenters. The molecule has 1 aromatic rings. The van der Waals surface area contributed by atoms with Crippen molar-refractivity contribution in [2.75, 3.05) is 6.54 Å². The monoisotopic (exact) mass is 280 g/mol. The fourth-order valence-corrected chi connectivity index (χ4v) is 3.38. The first-order valence-electron chi connectivity index (χ1n) is 6.44. The predicted octanol–water partition coefficient (Wildman–Crippen LogP) is 1.52. The number of carbonyl (C=O) groups excluding carboxylic acids is 2. The molecule has 19 heavy (non-hydrogen) atoms. The highest BCUT2D eigenvalue weighted by Gasteiger charge is 2.41. The van der Waals surface area contributed by atoms with Crippen molar-refractivity contribution in [3.8, 4) is 0 Å². The van der Waals surface area contributed by atoms with Crippen LogP contribution in [0.15, 0.2) is 22.8 Å². The van der Waals surface area contributed by atoms with E-state index in [4.69, 9.17) is 4.42 Å². The number of nitrogens with one attached hydrogen (secondary N) is 1. The van der Waals surface area contributed by atoms with E-state index in [0.717, 1.165) is 18.6 Å². The van der Waals surface area contributed by atoms with E-state index < -0.39 is 0 Å². The molecule has 2 heterocycles. The molecule has 5 nitrogen and oxygen atoms in total. The van der Waals surface area contributed by atoms with Gasteiger partial charge in [-0.15, -0.1) is 11.8 Å². The third-order valence-electron chi connectivity index (χ3n) is 3.29. The second kappa shape index (κ2) is 4.92. The molecule has 1 aromatic heterocycles. The molecule has 2 amide bonds. The largest absolute Gasteiger partial charge is 0.466 e. The molecule has 2 fully saturated rings. The molecule has 2 aliphatic rings. The second-order valence-corrected chi connectivity index (χ2v) is 6.38. The molecule has 1 N–H and O–H groups in total. The summed E-state index contributed by atoms with van der Waals surface area (Å²) < 4.78 is 5.37. The lowest BCUT2D eigenvalue weighted by Gasteiger charge is -2.21. The Morgan fingerprint density at radius 1 is 1.58 bits per heavy atom. The van der Waals surface area contributed by atoms with Crippen LogP contribution in [-0.4, -0.2) is 34.6 Å². The van der Waals surface area contributed by atoms with Crippen LogP contribution >= 0.6 is 11.8 Å². The second-order valence-electron chi connectivity index (χ2n) is 4.95. The summed E-state index contributed by atoms with van der Waals surface area (Å²) in [6, 6.07) is 3.96. The average Bonchev–Trinajstić information content (AvgIpc) is 2.93. The number of hydrogen-bond donors (Lipinski definition) is 1. The molecule has 0 bridgehead atoms. The van der Waals surface area contributed by atoms with Crippen LogP contribution in [-0.2, 0) is 9.59 Å². The number of thioether (sulfide) groups is 1. The van der Waals surface area contributed by atoms with Gasteiger partial charge in [0.15, 0.2) is 0 Å². The van der Waals surface area contributed by atoms with Gasteiger partial charge in [-0.2, -0.15) is 0 Å². The summed E-state index contributed by atoms with van der Waals surface area (Å²) in [5.41, 5.74) is 0. The summed E-state index contributed by atoms with van der Waals surface area (Å²) in [7, 11) is 0. The maximum atomic E-state index is 12.1. The van der Waals surface area contributed by atoms with Gasteiger partial charge in [0.2, 0.25) is 11.8 Å². The Kier molecular flexibility index (Phi) is 3.26. The van der Waals surface area contributed by atoms with Crippen molar-refractivity contribution in [2.24, 2.45) is 0 Å². The topological polar surface area (TPSA) is 62.6 Å². The van der Waals surface area contributed by atoms with E-state index in [1.807, 2.05) is 13.0 Å². The van der Waals surface area contributed by atoms with Gasteiger partial charge in [0.1, 0.15) is 17.7 Å². The van der Waals surface area contributed by atoms with Crippen LogP contribution in [0.1, 0.15) is 30.9 Å². The fraction of sp³-hybridized carbons (Fsp3) is 0.538. The van der Waals surface area contributed by atoms with Gasteiger partial charge >= 0.3 is 0 Å². The molecule has 0 spiro atoms. The molecule has 1 saturated heterocycles. The molecule has 1 saturated carbocycles. The fourth-order valence-electron chi connectivity index (χ4n) is 2.14. The Hall–Kier alpha value is -1.43. The van der Waals surface area contributed by atoms with Crippen LogP contribution in [0.4, 0.5) is 0 Å². The van der Waals surface area contributed by atoms with Gasteiger partial charge < -0.3 is 14.6 Å². The van der Waals surface area contributed by atoms with Crippen molar-refractivity contribution in [1.29, 1.82) is 0 Å². The van der Waals surface area contributed by atoms with E-state index in [2.05, 4.69) is 5.32 Å². The molecule has 102 valence electrons. The number of furan rings is 1. The zero-order valence-electron chi connectivity index (χ0n) is 10.7. The summed E-state index contributed by atoms with van der Waals surface area (Å²) in [4.78, 5) is 25.6. The van der Waals surface area contributed by atoms with E-state index >= 15 is 0 Å². The van der Waals surface area contributed by atoms with Crippen molar-refractivity contribution in [3.63, 3.8) is 0 Å². The molecule has 1 aliphatic heterocycles. The van der Waals surface area contributed by atoms with E-state index in [1.54, 1.807) is 17.2 Å². The van der Waals surface area contributed by atoms with Crippen LogP contribution in [0.2, 0.25) is 0 Å². The zero-order chi connectivity index (χ0) is 13.4. The van der Waals surface area contributed by atoms with Crippen molar-refractivity contribution in [1.82, 2.24) is 10.2 Å². The number of rotatable bonds is 4. The molecule has 0 unspecified atom stereocenters. The van der Waals surface area contributed by atoms with E-state index in [9.17, 15) is 9.59 Å². The molecular formula is C13H16N2O3S. The highest BCUT2D eigenvalue weighted by molar-refractivity contribution is 8.01. The minimum Gasteiger partial charge on any atom is -0.466 e. The van der Waals surface area contributed by atoms with Gasteiger partial charge in [0.05, 0.1) is 11.5 Å². The van der Waals surface area contributed by atoms with Crippen LogP contribution in [0.25, 0.3) is 0 Å². The van der Waals surface area contributed by atoms with Crippen LogP contribution < -0.4 is 5.32 Å². The van der Waals surface area contributed by atoms with Crippen molar-refractivity contribution in [3.05, 3.63) is 24.2 Å². The van der Waals surface area contributed by atoms with Gasteiger partial charge in [0.25, 0.3) is 0 Å². The van der Waals surface area contributed by atoms with Crippen molar-refractivity contribution < 1.29 is 14.0 Å². The Labute approximate surface area is 115 Å². The normalized spacial score (nSPS) is 26.8. The zero-order valence-corrected chi connectivity index (χ0v) is 11.5. The first-order valence-corrected chi connectivity index (χ1v) is 7.38. The van der Waals surface area contributed by atoms with E-state index in [-0.39, 0.29) is 29.0 Å². The van der Waals surface area contributed by atoms with Gasteiger partial charge in [-0.1, -0.05) is 0 Å². The standard InChI is InChI=1S/C13H16N2O3S/c1-8-12(17)15(7-11(16)14-9-4-5-9)13(19-8)10-3-2-6-18-10/h2-3,6,8-9,13H,4-5,7H2,1H3,(H,14,16)/t8-,13-/m1/s1. The van der Waals surface area contributed by atoms with Gasteiger partial charge in [-0.25, -0.2) is 0 Å². The summed E-state index contributed by atoms with van der Waals surface area (Å²) >= 11 is 1.52. The summed E-state index contributed by atoms with van der Waals surface area (Å²) in [5, 5.41) is 2.58. The molecular weight excluding hydrogens is 264 g/mol. The lowest BCUT2D eigenvalue weighted by Crippen LogP contribution is -2.40. The Morgan fingerprint density at radius 2 is 2.37 bits per heavy atom. The highest BCUT2D eigenvalue weighted by Crippen LogP contribution is 2.42. The minimum absolute atomic E-state index is 0.00246. The quantitative estimate of drug-likeness (QED) is 0.908. The Balaban J connectivity index is 1.71. The summed E-state index contributed by atoms with van der Waals surface area (Å²) in [5.74, 6) is 0.640. The maximum absolute atomic E-state index is 12.1. The van der Waals surface area contributed by atoms with Crippen molar-refractivity contribution >= 4 is 23.6 Å². The smallest absolute Gasteiger partial charge is 0.239 e. The third-order valence-corrected chi connectivity index (χ3v) is 4.64. The highest BCUT2D eigenvalue weighted by atomic mass is 32.2. The Morgan fingerprint density at radius 3 is 3.00 bits per heavy atom. The van der Waals surface area contributed by atoms with Gasteiger partial charge in [-0.05, 0) is 31.9 Å². The number of nitrogens with zero attached hydrogens (tertiary/aromatic N) is 1. The molecule has 6 heteroatoms. The molecule has 0 radical (unpaired) electrons. The van der Waals surface area contributed by atoms with Gasteiger partial charge in [-0.3, -0.25) is 9.59 Å². The summed E-state index contributed by atoms with van der Waals surface area (Å²) in [6.45, 7) is 1.97. The van der Waals surface area contributed by atoms with Crippen LogP contribution in [0.3, 0.4) is 0 Å². The van der Waals surface area contributed by atoms with Gasteiger partial charge in [0, 0.05) is 6.04 Å². The van der Waals surface area contributed by atoms with E-state index in [1.165, 1.54) is 11.8 Å². The SMILES string of the molecule is C[C@H]1S[C@H](c2ccco2)N(CC(=O)NC2CC2)C1=O. The Bertz CT molecular complexity index is 484. The number of carbonyl (C=O) groups is 2. The van der Waals surface area contributed by atoms with Crippen molar-refractivity contribution in [2.45, 2.75) is 36.4 Å². The molecule has 3 rings (SSSR count). The number of hydrogen-bond acceptors (Lipinski definition) is 4. The third kappa shape index (κ3) is 2.63. The summed E-state index contributed by atoms with van der Waals surface area (Å²) in [6.07, 6.45) is 3.69. The first-order chi connectivity index (χ1) is 9.15. The maximum Gasteiger partial charge on any atom is 0.239 e. The van der Waals surface area contributed by atoms with Crippen LogP contribution in [0, 0.1) is 0 Å². The van der Waals surface area contributed by atoms with Crippen LogP contribution in [0.5, 0.6) is 0 Å². The first kappa shape index (κ1) is 12.6. The molecule has 1 aliphatic carbocycles.